The molecule has 26 heavy (non-hydrogen) atoms. The van der Waals surface area contributed by atoms with E-state index in [1.807, 2.05) is 31.2 Å². The van der Waals surface area contributed by atoms with Gasteiger partial charge in [0.05, 0.1) is 12.3 Å². The molecule has 2 aromatic heterocycles. The van der Waals surface area contributed by atoms with Crippen LogP contribution in [0.2, 0.25) is 0 Å². The number of nitrogens with zero attached hydrogens (tertiary/aromatic N) is 3. The van der Waals surface area contributed by atoms with E-state index in [0.29, 0.717) is 17.4 Å². The summed E-state index contributed by atoms with van der Waals surface area (Å²) in [4.78, 5) is 28.6. The van der Waals surface area contributed by atoms with Crippen LogP contribution >= 0.6 is 11.3 Å². The number of amides is 1. The van der Waals surface area contributed by atoms with Crippen LogP contribution in [0.25, 0.3) is 11.3 Å². The Balaban J connectivity index is 1.85. The minimum Gasteiger partial charge on any atom is -0.494 e. The van der Waals surface area contributed by atoms with E-state index in [1.54, 1.807) is 24.6 Å². The highest BCUT2D eigenvalue weighted by atomic mass is 32.1. The predicted octanol–water partition coefficient (Wildman–Crippen LogP) is 2.97. The van der Waals surface area contributed by atoms with E-state index in [2.05, 4.69) is 15.4 Å². The van der Waals surface area contributed by atoms with Gasteiger partial charge in [-0.25, -0.2) is 9.67 Å². The van der Waals surface area contributed by atoms with Crippen LogP contribution < -0.4 is 15.6 Å². The molecule has 3 rings (SSSR count). The lowest BCUT2D eigenvalue weighted by atomic mass is 10.1. The van der Waals surface area contributed by atoms with E-state index in [9.17, 15) is 9.59 Å². The molecule has 2 heterocycles. The van der Waals surface area contributed by atoms with Crippen molar-refractivity contribution in [2.75, 3.05) is 11.9 Å². The number of ether oxygens (including phenoxy) is 1. The van der Waals surface area contributed by atoms with Crippen molar-refractivity contribution < 1.29 is 9.53 Å². The average Bonchev–Trinajstić information content (AvgIpc) is 3.15. The summed E-state index contributed by atoms with van der Waals surface area (Å²) in [5, 5.41) is 9.28. The molecule has 0 aliphatic heterocycles. The maximum Gasteiger partial charge on any atom is 0.267 e. The van der Waals surface area contributed by atoms with Gasteiger partial charge in [-0.3, -0.25) is 9.59 Å². The number of hydrogen-bond acceptors (Lipinski definition) is 6. The summed E-state index contributed by atoms with van der Waals surface area (Å²) in [5.74, 6) is 0.416. The molecule has 1 aromatic carbocycles. The minimum atomic E-state index is -0.769. The molecule has 1 N–H and O–H groups in total. The second-order valence-electron chi connectivity index (χ2n) is 5.46. The van der Waals surface area contributed by atoms with Gasteiger partial charge in [0, 0.05) is 23.2 Å². The van der Waals surface area contributed by atoms with Gasteiger partial charge >= 0.3 is 0 Å². The smallest absolute Gasteiger partial charge is 0.267 e. The third-order valence-electron chi connectivity index (χ3n) is 3.69. The van der Waals surface area contributed by atoms with Gasteiger partial charge < -0.3 is 10.1 Å². The molecule has 3 aromatic rings. The molecule has 0 bridgehead atoms. The number of anilines is 1. The van der Waals surface area contributed by atoms with Gasteiger partial charge in [-0.1, -0.05) is 0 Å². The number of benzene rings is 1. The molecule has 1 unspecified atom stereocenters. The van der Waals surface area contributed by atoms with E-state index in [-0.39, 0.29) is 11.5 Å². The first-order valence-corrected chi connectivity index (χ1v) is 9.00. The normalized spacial score (nSPS) is 11.8. The molecule has 0 radical (unpaired) electrons. The van der Waals surface area contributed by atoms with E-state index >= 15 is 0 Å². The first-order valence-electron chi connectivity index (χ1n) is 8.12. The fourth-order valence-electron chi connectivity index (χ4n) is 2.35. The van der Waals surface area contributed by atoms with Crippen molar-refractivity contribution >= 4 is 22.4 Å². The fraction of sp³-hybridized carbons (Fsp3) is 0.222. The minimum absolute atomic E-state index is 0.346. The summed E-state index contributed by atoms with van der Waals surface area (Å²) in [5.41, 5.74) is 1.08. The Labute approximate surface area is 154 Å². The summed E-state index contributed by atoms with van der Waals surface area (Å²) in [6.07, 6.45) is 1.60. The maximum absolute atomic E-state index is 12.4. The van der Waals surface area contributed by atoms with Crippen LogP contribution in [-0.2, 0) is 4.79 Å². The van der Waals surface area contributed by atoms with Gasteiger partial charge in [0.15, 0.2) is 5.13 Å². The van der Waals surface area contributed by atoms with E-state index in [0.717, 1.165) is 11.3 Å². The van der Waals surface area contributed by atoms with Crippen molar-refractivity contribution in [3.8, 4) is 17.0 Å². The Morgan fingerprint density at radius 2 is 2.04 bits per heavy atom. The quantitative estimate of drug-likeness (QED) is 0.721. The molecule has 0 saturated carbocycles. The lowest BCUT2D eigenvalue weighted by Gasteiger charge is -2.14. The van der Waals surface area contributed by atoms with E-state index < -0.39 is 6.04 Å². The van der Waals surface area contributed by atoms with Crippen LogP contribution in [0.3, 0.4) is 0 Å². The molecular weight excluding hydrogens is 352 g/mol. The summed E-state index contributed by atoms with van der Waals surface area (Å²) < 4.78 is 6.60. The van der Waals surface area contributed by atoms with Gasteiger partial charge in [-0.05, 0) is 44.2 Å². The Morgan fingerprint density at radius 3 is 2.69 bits per heavy atom. The summed E-state index contributed by atoms with van der Waals surface area (Å²) in [6, 6.07) is 9.69. The second kappa shape index (κ2) is 7.92. The zero-order chi connectivity index (χ0) is 18.5. The third kappa shape index (κ3) is 3.97. The number of nitrogens with one attached hydrogen (secondary N) is 1. The van der Waals surface area contributed by atoms with Crippen molar-refractivity contribution in [1.82, 2.24) is 14.8 Å². The highest BCUT2D eigenvalue weighted by molar-refractivity contribution is 7.13. The molecule has 0 spiro atoms. The predicted molar refractivity (Wildman–Crippen MR) is 101 cm³/mol. The largest absolute Gasteiger partial charge is 0.494 e. The summed E-state index contributed by atoms with van der Waals surface area (Å²) in [6.45, 7) is 4.14. The second-order valence-corrected chi connectivity index (χ2v) is 6.36. The molecule has 7 nitrogen and oxygen atoms in total. The highest BCUT2D eigenvalue weighted by Crippen LogP contribution is 2.20. The lowest BCUT2D eigenvalue weighted by molar-refractivity contribution is -0.119. The van der Waals surface area contributed by atoms with Gasteiger partial charge in [0.1, 0.15) is 11.8 Å². The first kappa shape index (κ1) is 17.8. The maximum atomic E-state index is 12.4. The number of hydrogen-bond donors (Lipinski definition) is 1. The zero-order valence-electron chi connectivity index (χ0n) is 14.4. The topological polar surface area (TPSA) is 86.1 Å². The molecule has 1 amide bonds. The Kier molecular flexibility index (Phi) is 5.43. The SMILES string of the molecule is CCOc1ccc(-c2ccc(=O)n(C(C)C(=O)Nc3nccs3)n2)cc1. The molecule has 134 valence electrons. The van der Waals surface area contributed by atoms with Gasteiger partial charge in [-0.2, -0.15) is 5.10 Å². The highest BCUT2D eigenvalue weighted by Gasteiger charge is 2.19. The molecule has 0 aliphatic carbocycles. The van der Waals surface area contributed by atoms with E-state index in [1.165, 1.54) is 22.1 Å². The Bertz CT molecular complexity index is 936. The molecule has 0 fully saturated rings. The van der Waals surface area contributed by atoms with Gasteiger partial charge in [-0.15, -0.1) is 11.3 Å². The third-order valence-corrected chi connectivity index (χ3v) is 4.38. The Hall–Kier alpha value is -3.00. The monoisotopic (exact) mass is 370 g/mol. The average molecular weight is 370 g/mol. The van der Waals surface area contributed by atoms with Gasteiger partial charge in [0.25, 0.3) is 11.5 Å². The standard InChI is InChI=1S/C18H18N4O3S/c1-3-25-14-6-4-13(5-7-14)15-8-9-16(23)22(21-15)12(2)17(24)20-18-19-10-11-26-18/h4-12H,3H2,1-2H3,(H,19,20,24). The molecule has 0 aliphatic rings. The molecule has 0 saturated heterocycles. The number of thiazole rings is 1. The van der Waals surface area contributed by atoms with Crippen molar-refractivity contribution in [3.05, 3.63) is 58.3 Å². The van der Waals surface area contributed by atoms with Gasteiger partial charge in [0.2, 0.25) is 0 Å². The molecular formula is C18H18N4O3S. The molecule has 1 atom stereocenters. The fourth-order valence-corrected chi connectivity index (χ4v) is 2.88. The first-order chi connectivity index (χ1) is 12.6. The van der Waals surface area contributed by atoms with Crippen LogP contribution in [0.5, 0.6) is 5.75 Å². The number of carbonyl (C=O) groups is 1. The van der Waals surface area contributed by atoms with Crippen LogP contribution in [0.15, 0.2) is 52.8 Å². The lowest BCUT2D eigenvalue weighted by Crippen LogP contribution is -2.33. The van der Waals surface area contributed by atoms with Crippen LogP contribution in [0, 0.1) is 0 Å². The van der Waals surface area contributed by atoms with Crippen LogP contribution in [0.4, 0.5) is 5.13 Å². The Morgan fingerprint density at radius 1 is 1.27 bits per heavy atom. The van der Waals surface area contributed by atoms with Crippen LogP contribution in [-0.4, -0.2) is 27.3 Å². The summed E-state index contributed by atoms with van der Waals surface area (Å²) >= 11 is 1.31. The zero-order valence-corrected chi connectivity index (χ0v) is 15.2. The number of carbonyl (C=O) groups excluding carboxylic acids is 1. The number of rotatable bonds is 6. The summed E-state index contributed by atoms with van der Waals surface area (Å²) in [7, 11) is 0. The van der Waals surface area contributed by atoms with Crippen molar-refractivity contribution in [2.45, 2.75) is 19.9 Å². The molecule has 8 heteroatoms. The van der Waals surface area contributed by atoms with Crippen molar-refractivity contribution in [2.24, 2.45) is 0 Å². The van der Waals surface area contributed by atoms with E-state index in [4.69, 9.17) is 4.74 Å². The van der Waals surface area contributed by atoms with Crippen LogP contribution in [0.1, 0.15) is 19.9 Å². The van der Waals surface area contributed by atoms with Crippen molar-refractivity contribution in [1.29, 1.82) is 0 Å². The van der Waals surface area contributed by atoms with Crippen molar-refractivity contribution in [3.63, 3.8) is 0 Å². The number of aromatic nitrogens is 3.